The van der Waals surface area contributed by atoms with Gasteiger partial charge in [-0.2, -0.15) is 0 Å². The topological polar surface area (TPSA) is 70.7 Å². The molecule has 0 amide bonds. The first-order valence-electron chi connectivity index (χ1n) is 5.49. The Labute approximate surface area is 103 Å². The smallest absolute Gasteiger partial charge is 0.193 e. The first-order valence-corrected chi connectivity index (χ1v) is 5.49. The molecule has 4 heteroatoms. The number of phenols is 2. The van der Waals surface area contributed by atoms with Gasteiger partial charge in [0.05, 0.1) is 11.8 Å². The van der Waals surface area contributed by atoms with Crippen LogP contribution in [0.25, 0.3) is 6.08 Å². The number of fused-ring (bicyclic) bond motifs is 1. The van der Waals surface area contributed by atoms with Gasteiger partial charge in [0.2, 0.25) is 0 Å². The fraction of sp³-hybridized carbons (Fsp3) is 0.0714. The highest BCUT2D eigenvalue weighted by Crippen LogP contribution is 2.38. The van der Waals surface area contributed by atoms with Crippen molar-refractivity contribution in [2.75, 3.05) is 0 Å². The van der Waals surface area contributed by atoms with Crippen molar-refractivity contribution in [1.82, 2.24) is 0 Å². The Morgan fingerprint density at radius 1 is 1.22 bits per heavy atom. The average molecular weight is 242 g/mol. The van der Waals surface area contributed by atoms with Gasteiger partial charge in [-0.3, -0.25) is 4.79 Å². The molecule has 4 nitrogen and oxygen atoms in total. The van der Waals surface area contributed by atoms with Crippen LogP contribution in [0.4, 0.5) is 0 Å². The van der Waals surface area contributed by atoms with E-state index in [4.69, 9.17) is 4.42 Å². The lowest BCUT2D eigenvalue weighted by molar-refractivity contribution is 0.103. The summed E-state index contributed by atoms with van der Waals surface area (Å²) in [4.78, 5) is 12.1. The van der Waals surface area contributed by atoms with Crippen molar-refractivity contribution in [2.24, 2.45) is 0 Å². The van der Waals surface area contributed by atoms with E-state index in [1.807, 2.05) is 0 Å². The Hall–Kier alpha value is -2.49. The summed E-state index contributed by atoms with van der Waals surface area (Å²) in [5, 5.41) is 19.1. The fourth-order valence-electron chi connectivity index (χ4n) is 2.13. The predicted molar refractivity (Wildman–Crippen MR) is 64.5 cm³/mol. The van der Waals surface area contributed by atoms with Crippen molar-refractivity contribution in [2.45, 2.75) is 6.42 Å². The first-order chi connectivity index (χ1) is 8.66. The van der Waals surface area contributed by atoms with Gasteiger partial charge >= 0.3 is 0 Å². The van der Waals surface area contributed by atoms with Crippen LogP contribution in [0.2, 0.25) is 0 Å². The highest BCUT2D eigenvalue weighted by Gasteiger charge is 2.29. The molecule has 1 aromatic heterocycles. The van der Waals surface area contributed by atoms with Gasteiger partial charge in [-0.25, -0.2) is 0 Å². The molecule has 0 unspecified atom stereocenters. The molecule has 0 bridgehead atoms. The molecule has 18 heavy (non-hydrogen) atoms. The van der Waals surface area contributed by atoms with Crippen LogP contribution < -0.4 is 0 Å². The van der Waals surface area contributed by atoms with E-state index in [9.17, 15) is 15.0 Å². The lowest BCUT2D eigenvalue weighted by Crippen LogP contribution is -1.95. The summed E-state index contributed by atoms with van der Waals surface area (Å²) in [6.45, 7) is 0. The normalized spacial score (nSPS) is 16.2. The lowest BCUT2D eigenvalue weighted by atomic mass is 10.1. The monoisotopic (exact) mass is 242 g/mol. The molecule has 0 spiro atoms. The summed E-state index contributed by atoms with van der Waals surface area (Å²) in [7, 11) is 0. The summed E-state index contributed by atoms with van der Waals surface area (Å²) in [5.41, 5.74) is 1.45. The molecule has 1 heterocycles. The second-order valence-corrected chi connectivity index (χ2v) is 4.16. The van der Waals surface area contributed by atoms with Crippen LogP contribution in [0.5, 0.6) is 11.5 Å². The number of rotatable bonds is 1. The van der Waals surface area contributed by atoms with E-state index in [1.165, 1.54) is 12.3 Å². The minimum atomic E-state index is -0.347. The molecule has 90 valence electrons. The third-order valence-corrected chi connectivity index (χ3v) is 3.00. The third-order valence-electron chi connectivity index (χ3n) is 3.00. The maximum atomic E-state index is 12.1. The number of allylic oxidation sites excluding steroid dienone is 1. The number of aromatic hydroxyl groups is 2. The van der Waals surface area contributed by atoms with E-state index in [0.717, 1.165) is 0 Å². The summed E-state index contributed by atoms with van der Waals surface area (Å²) < 4.78 is 5.16. The van der Waals surface area contributed by atoms with Gasteiger partial charge < -0.3 is 14.6 Å². The summed E-state index contributed by atoms with van der Waals surface area (Å²) in [5.74, 6) is -0.300. The van der Waals surface area contributed by atoms with Gasteiger partial charge in [0, 0.05) is 12.0 Å². The molecule has 0 saturated heterocycles. The van der Waals surface area contributed by atoms with Crippen LogP contribution in [0.3, 0.4) is 0 Å². The standard InChI is InChI=1S/C14H10O4/c15-11-4-3-8-6-9(7-10-2-1-5-18-10)13(16)12(8)14(11)17/h1-5,7,15,17H,6H2. The van der Waals surface area contributed by atoms with Gasteiger partial charge in [-0.05, 0) is 29.8 Å². The number of Topliss-reactive ketones (excluding diaryl/α,β-unsaturated/α-hetero) is 1. The van der Waals surface area contributed by atoms with Crippen LogP contribution in [-0.2, 0) is 6.42 Å². The Morgan fingerprint density at radius 2 is 2.06 bits per heavy atom. The van der Waals surface area contributed by atoms with Crippen LogP contribution in [0.15, 0.2) is 40.5 Å². The number of carbonyl (C=O) groups excluding carboxylic acids is 1. The van der Waals surface area contributed by atoms with Crippen LogP contribution in [0.1, 0.15) is 21.7 Å². The molecular formula is C14H10O4. The molecule has 2 N–H and O–H groups in total. The lowest BCUT2D eigenvalue weighted by Gasteiger charge is -2.01. The number of furan rings is 1. The Kier molecular flexibility index (Phi) is 2.23. The molecule has 2 aromatic rings. The molecule has 0 fully saturated rings. The summed E-state index contributed by atoms with van der Waals surface area (Å²) >= 11 is 0. The van der Waals surface area contributed by atoms with Crippen molar-refractivity contribution in [3.8, 4) is 11.5 Å². The molecule has 0 atom stereocenters. The van der Waals surface area contributed by atoms with Crippen LogP contribution >= 0.6 is 0 Å². The van der Waals surface area contributed by atoms with E-state index in [-0.39, 0.29) is 22.8 Å². The average Bonchev–Trinajstić information content (AvgIpc) is 2.95. The Morgan fingerprint density at radius 3 is 2.78 bits per heavy atom. The highest BCUT2D eigenvalue weighted by molar-refractivity contribution is 6.17. The van der Waals surface area contributed by atoms with Crippen molar-refractivity contribution in [3.63, 3.8) is 0 Å². The minimum Gasteiger partial charge on any atom is -0.504 e. The number of ketones is 1. The third kappa shape index (κ3) is 1.50. The van der Waals surface area contributed by atoms with Crippen molar-refractivity contribution >= 4 is 11.9 Å². The molecule has 0 saturated carbocycles. The van der Waals surface area contributed by atoms with Crippen LogP contribution in [0, 0.1) is 0 Å². The molecule has 1 aliphatic carbocycles. The molecular weight excluding hydrogens is 232 g/mol. The highest BCUT2D eigenvalue weighted by atomic mass is 16.3. The van der Waals surface area contributed by atoms with E-state index in [1.54, 1.807) is 24.3 Å². The van der Waals surface area contributed by atoms with Gasteiger partial charge in [-0.1, -0.05) is 6.07 Å². The van der Waals surface area contributed by atoms with Crippen molar-refractivity contribution in [3.05, 3.63) is 53.0 Å². The largest absolute Gasteiger partial charge is 0.504 e. The minimum absolute atomic E-state index is 0.188. The maximum absolute atomic E-state index is 12.1. The van der Waals surface area contributed by atoms with Gasteiger partial charge in [0.15, 0.2) is 17.3 Å². The van der Waals surface area contributed by atoms with Crippen LogP contribution in [-0.4, -0.2) is 16.0 Å². The zero-order valence-electron chi connectivity index (χ0n) is 9.38. The molecule has 1 aliphatic rings. The van der Waals surface area contributed by atoms with E-state index in [2.05, 4.69) is 0 Å². The Balaban J connectivity index is 2.07. The molecule has 0 radical (unpaired) electrons. The fourth-order valence-corrected chi connectivity index (χ4v) is 2.13. The molecule has 3 rings (SSSR count). The number of phenolic OH excluding ortho intramolecular Hbond substituents is 2. The van der Waals surface area contributed by atoms with Crippen molar-refractivity contribution in [1.29, 1.82) is 0 Å². The quantitative estimate of drug-likeness (QED) is 0.595. The summed E-state index contributed by atoms with van der Waals surface area (Å²) in [6.07, 6.45) is 3.61. The second kappa shape index (κ2) is 3.77. The van der Waals surface area contributed by atoms with E-state index < -0.39 is 0 Å². The van der Waals surface area contributed by atoms with Crippen molar-refractivity contribution < 1.29 is 19.4 Å². The SMILES string of the molecule is O=C1C(=Cc2ccco2)Cc2ccc(O)c(O)c21. The molecule has 0 aliphatic heterocycles. The zero-order chi connectivity index (χ0) is 12.7. The number of hydrogen-bond acceptors (Lipinski definition) is 4. The first kappa shape index (κ1) is 10.7. The zero-order valence-corrected chi connectivity index (χ0v) is 9.38. The number of hydrogen-bond donors (Lipinski definition) is 2. The second-order valence-electron chi connectivity index (χ2n) is 4.16. The predicted octanol–water partition coefficient (Wildman–Crippen LogP) is 2.51. The molecule has 1 aromatic carbocycles. The Bertz CT molecular complexity index is 651. The maximum Gasteiger partial charge on any atom is 0.193 e. The number of carbonyl (C=O) groups is 1. The summed E-state index contributed by atoms with van der Waals surface area (Å²) in [6, 6.07) is 6.52. The van der Waals surface area contributed by atoms with Gasteiger partial charge in [0.1, 0.15) is 5.76 Å². The van der Waals surface area contributed by atoms with Gasteiger partial charge in [-0.15, -0.1) is 0 Å². The number of benzene rings is 1. The van der Waals surface area contributed by atoms with Gasteiger partial charge in [0.25, 0.3) is 0 Å². The van der Waals surface area contributed by atoms with E-state index in [0.29, 0.717) is 23.3 Å². The van der Waals surface area contributed by atoms with E-state index >= 15 is 0 Å².